The van der Waals surface area contributed by atoms with Gasteiger partial charge < -0.3 is 10.4 Å². The molecule has 94 valence electrons. The molecule has 1 aromatic rings. The fraction of sp³-hybridized carbons (Fsp3) is 0.455. The van der Waals surface area contributed by atoms with Gasteiger partial charge in [0.25, 0.3) is 5.69 Å². The molecular formula is C11H15BrN2O3. The van der Waals surface area contributed by atoms with Crippen molar-refractivity contribution < 1.29 is 10.0 Å². The molecule has 6 heteroatoms. The molecule has 0 aliphatic heterocycles. The summed E-state index contributed by atoms with van der Waals surface area (Å²) >= 11 is 3.24. The Morgan fingerprint density at radius 3 is 2.88 bits per heavy atom. The van der Waals surface area contributed by atoms with E-state index in [9.17, 15) is 10.1 Å². The van der Waals surface area contributed by atoms with Gasteiger partial charge in [-0.3, -0.25) is 10.1 Å². The highest BCUT2D eigenvalue weighted by Crippen LogP contribution is 2.28. The fourth-order valence-electron chi connectivity index (χ4n) is 1.42. The van der Waals surface area contributed by atoms with Gasteiger partial charge in [-0.1, -0.05) is 12.1 Å². The van der Waals surface area contributed by atoms with Crippen molar-refractivity contribution in [2.24, 2.45) is 0 Å². The molecule has 1 unspecified atom stereocenters. The van der Waals surface area contributed by atoms with Crippen LogP contribution in [0.1, 0.15) is 18.9 Å². The van der Waals surface area contributed by atoms with Gasteiger partial charge in [-0.25, -0.2) is 0 Å². The normalized spacial score (nSPS) is 12.4. The molecule has 0 saturated heterocycles. The second-order valence-corrected chi connectivity index (χ2v) is 4.59. The molecule has 1 aromatic carbocycles. The molecule has 5 nitrogen and oxygen atoms in total. The minimum Gasteiger partial charge on any atom is -0.396 e. The second-order valence-electron chi connectivity index (χ2n) is 3.80. The Kier molecular flexibility index (Phi) is 5.54. The lowest BCUT2D eigenvalue weighted by atomic mass is 10.2. The molecule has 1 rings (SSSR count). The molecule has 0 fully saturated rings. The lowest BCUT2D eigenvalue weighted by Gasteiger charge is -2.13. The predicted octanol–water partition coefficient (Wildman–Crippen LogP) is 2.22. The van der Waals surface area contributed by atoms with Crippen LogP contribution in [0.5, 0.6) is 0 Å². The van der Waals surface area contributed by atoms with E-state index < -0.39 is 4.92 Å². The predicted molar refractivity (Wildman–Crippen MR) is 68.8 cm³/mol. The zero-order chi connectivity index (χ0) is 12.8. The van der Waals surface area contributed by atoms with E-state index in [0.717, 1.165) is 5.56 Å². The second kappa shape index (κ2) is 6.68. The fourth-order valence-corrected chi connectivity index (χ4v) is 1.97. The Bertz CT molecular complexity index is 398. The van der Waals surface area contributed by atoms with Crippen LogP contribution in [0.25, 0.3) is 0 Å². The summed E-state index contributed by atoms with van der Waals surface area (Å²) in [6, 6.07) is 5.13. The van der Waals surface area contributed by atoms with E-state index >= 15 is 0 Å². The van der Waals surface area contributed by atoms with E-state index in [1.807, 2.05) is 13.0 Å². The topological polar surface area (TPSA) is 75.4 Å². The summed E-state index contributed by atoms with van der Waals surface area (Å²) in [6.07, 6.45) is 0.659. The zero-order valence-corrected chi connectivity index (χ0v) is 11.1. The smallest absolute Gasteiger partial charge is 0.283 e. The highest BCUT2D eigenvalue weighted by atomic mass is 79.9. The molecule has 0 aliphatic carbocycles. The van der Waals surface area contributed by atoms with Crippen LogP contribution in [0.15, 0.2) is 22.7 Å². The number of hydrogen-bond acceptors (Lipinski definition) is 4. The first-order valence-corrected chi connectivity index (χ1v) is 6.11. The van der Waals surface area contributed by atoms with E-state index in [0.29, 0.717) is 17.4 Å². The summed E-state index contributed by atoms with van der Waals surface area (Å²) in [7, 11) is 0. The lowest BCUT2D eigenvalue weighted by Crippen LogP contribution is -2.26. The van der Waals surface area contributed by atoms with Crippen LogP contribution in [0.3, 0.4) is 0 Å². The summed E-state index contributed by atoms with van der Waals surface area (Å²) in [6.45, 7) is 2.62. The summed E-state index contributed by atoms with van der Waals surface area (Å²) in [5.41, 5.74) is 0.906. The largest absolute Gasteiger partial charge is 0.396 e. The van der Waals surface area contributed by atoms with Crippen LogP contribution in [0.2, 0.25) is 0 Å². The number of benzene rings is 1. The van der Waals surface area contributed by atoms with Crippen molar-refractivity contribution in [3.05, 3.63) is 38.3 Å². The zero-order valence-electron chi connectivity index (χ0n) is 9.52. The van der Waals surface area contributed by atoms with Crippen LogP contribution in [-0.2, 0) is 6.54 Å². The summed E-state index contributed by atoms with van der Waals surface area (Å²) in [5.74, 6) is 0. The van der Waals surface area contributed by atoms with Crippen LogP contribution >= 0.6 is 15.9 Å². The Labute approximate surface area is 108 Å². The van der Waals surface area contributed by atoms with Gasteiger partial charge in [0.2, 0.25) is 0 Å². The number of nitrogens with zero attached hydrogens (tertiary/aromatic N) is 1. The number of halogens is 1. The summed E-state index contributed by atoms with van der Waals surface area (Å²) in [4.78, 5) is 10.3. The molecule has 1 atom stereocenters. The van der Waals surface area contributed by atoms with E-state index in [2.05, 4.69) is 21.2 Å². The summed E-state index contributed by atoms with van der Waals surface area (Å²) in [5, 5.41) is 22.7. The first-order chi connectivity index (χ1) is 8.06. The monoisotopic (exact) mass is 302 g/mol. The van der Waals surface area contributed by atoms with Crippen molar-refractivity contribution in [2.75, 3.05) is 6.61 Å². The third-order valence-electron chi connectivity index (χ3n) is 2.46. The molecule has 0 aromatic heterocycles. The standard InChI is InChI=1S/C11H15BrN2O3/c1-8(5-6-15)13-7-9-3-2-4-10(11(9)12)14(16)17/h2-4,8,13,15H,5-7H2,1H3. The van der Waals surface area contributed by atoms with E-state index in [-0.39, 0.29) is 18.3 Å². The van der Waals surface area contributed by atoms with Crippen LogP contribution in [0, 0.1) is 10.1 Å². The first-order valence-electron chi connectivity index (χ1n) is 5.32. The third kappa shape index (κ3) is 4.07. The van der Waals surface area contributed by atoms with Gasteiger partial charge in [-0.15, -0.1) is 0 Å². The molecule has 0 amide bonds. The maximum atomic E-state index is 10.7. The quantitative estimate of drug-likeness (QED) is 0.624. The molecular weight excluding hydrogens is 288 g/mol. The maximum Gasteiger partial charge on any atom is 0.283 e. The molecule has 0 spiro atoms. The van der Waals surface area contributed by atoms with E-state index in [1.54, 1.807) is 6.07 Å². The molecule has 17 heavy (non-hydrogen) atoms. The van der Waals surface area contributed by atoms with E-state index in [4.69, 9.17) is 5.11 Å². The number of aliphatic hydroxyl groups excluding tert-OH is 1. The highest BCUT2D eigenvalue weighted by molar-refractivity contribution is 9.10. The van der Waals surface area contributed by atoms with Crippen LogP contribution < -0.4 is 5.32 Å². The Hall–Kier alpha value is -0.980. The lowest BCUT2D eigenvalue weighted by molar-refractivity contribution is -0.385. The number of nitro groups is 1. The minimum absolute atomic E-state index is 0.0686. The number of hydrogen-bond donors (Lipinski definition) is 2. The highest BCUT2D eigenvalue weighted by Gasteiger charge is 2.14. The van der Waals surface area contributed by atoms with Crippen molar-refractivity contribution in [3.8, 4) is 0 Å². The van der Waals surface area contributed by atoms with Gasteiger partial charge in [0, 0.05) is 25.3 Å². The Morgan fingerprint density at radius 1 is 1.59 bits per heavy atom. The number of nitro benzene ring substituents is 1. The van der Waals surface area contributed by atoms with Crippen molar-refractivity contribution in [2.45, 2.75) is 25.9 Å². The van der Waals surface area contributed by atoms with Gasteiger partial charge >= 0.3 is 0 Å². The molecule has 0 heterocycles. The minimum atomic E-state index is -0.412. The van der Waals surface area contributed by atoms with Gasteiger partial charge in [0.05, 0.1) is 9.40 Å². The molecule has 0 radical (unpaired) electrons. The summed E-state index contributed by atoms with van der Waals surface area (Å²) < 4.78 is 0.508. The molecule has 0 saturated carbocycles. The van der Waals surface area contributed by atoms with Gasteiger partial charge in [-0.2, -0.15) is 0 Å². The molecule has 0 bridgehead atoms. The molecule has 2 N–H and O–H groups in total. The number of nitrogens with one attached hydrogen (secondary N) is 1. The Balaban J connectivity index is 2.72. The number of rotatable bonds is 6. The number of aliphatic hydroxyl groups is 1. The van der Waals surface area contributed by atoms with Gasteiger partial charge in [0.15, 0.2) is 0 Å². The van der Waals surface area contributed by atoms with Crippen molar-refractivity contribution in [1.82, 2.24) is 5.32 Å². The first kappa shape index (κ1) is 14.1. The third-order valence-corrected chi connectivity index (χ3v) is 3.37. The van der Waals surface area contributed by atoms with E-state index in [1.165, 1.54) is 6.07 Å². The van der Waals surface area contributed by atoms with Crippen molar-refractivity contribution >= 4 is 21.6 Å². The average molecular weight is 303 g/mol. The van der Waals surface area contributed by atoms with Gasteiger partial charge in [0.1, 0.15) is 0 Å². The van der Waals surface area contributed by atoms with Crippen LogP contribution in [0.4, 0.5) is 5.69 Å². The van der Waals surface area contributed by atoms with Crippen molar-refractivity contribution in [1.29, 1.82) is 0 Å². The molecule has 0 aliphatic rings. The maximum absolute atomic E-state index is 10.7. The van der Waals surface area contributed by atoms with Gasteiger partial charge in [-0.05, 0) is 34.8 Å². The SMILES string of the molecule is CC(CCO)NCc1cccc([N+](=O)[O-])c1Br. The van der Waals surface area contributed by atoms with Crippen molar-refractivity contribution in [3.63, 3.8) is 0 Å². The Morgan fingerprint density at radius 2 is 2.29 bits per heavy atom. The van der Waals surface area contributed by atoms with Crippen LogP contribution in [-0.4, -0.2) is 22.7 Å². The average Bonchev–Trinajstić information content (AvgIpc) is 2.27.